The van der Waals surface area contributed by atoms with Crippen LogP contribution in [0.4, 0.5) is 5.88 Å². The molecule has 3 heterocycles. The maximum absolute atomic E-state index is 12.7. The van der Waals surface area contributed by atoms with E-state index < -0.39 is 5.56 Å². The first-order valence-electron chi connectivity index (χ1n) is 9.78. The van der Waals surface area contributed by atoms with Gasteiger partial charge >= 0.3 is 0 Å². The number of furan rings is 1. The highest BCUT2D eigenvalue weighted by atomic mass is 16.4. The van der Waals surface area contributed by atoms with Gasteiger partial charge in [0.15, 0.2) is 0 Å². The highest BCUT2D eigenvalue weighted by molar-refractivity contribution is 6.01. The number of anilines is 1. The Kier molecular flexibility index (Phi) is 5.38. The third-order valence-electron chi connectivity index (χ3n) is 5.36. The van der Waals surface area contributed by atoms with Gasteiger partial charge in [-0.2, -0.15) is 10.2 Å². The maximum Gasteiger partial charge on any atom is 0.277 e. The van der Waals surface area contributed by atoms with E-state index in [4.69, 9.17) is 4.42 Å². The number of amides is 1. The van der Waals surface area contributed by atoms with Gasteiger partial charge < -0.3 is 4.42 Å². The number of likely N-dealkylation sites (N-methyl/N-ethyl adjacent to an activating group) is 1. The molecule has 1 unspecified atom stereocenters. The van der Waals surface area contributed by atoms with Crippen molar-refractivity contribution in [2.45, 2.75) is 26.8 Å². The number of nitrogens with zero attached hydrogens (tertiary/aromatic N) is 5. The molecule has 0 aliphatic rings. The Labute approximate surface area is 177 Å². The molecule has 0 fully saturated rings. The normalized spacial score (nSPS) is 12.4. The van der Waals surface area contributed by atoms with Crippen LogP contribution >= 0.6 is 0 Å². The number of aromatic amines is 1. The van der Waals surface area contributed by atoms with E-state index in [2.05, 4.69) is 25.6 Å². The fraction of sp³-hybridized carbons (Fsp3) is 0.286. The lowest BCUT2D eigenvalue weighted by atomic mass is 10.1. The maximum atomic E-state index is 12.7. The first kappa shape index (κ1) is 20.5. The number of benzene rings is 1. The standard InChI is InChI=1S/C21H23N7O3/c1-12-18-14(3)31-21(19(18)20(30)26-25-12)24-17(29)9-27(4)13(2)15-5-7-16(8-6-15)28-11-22-10-23-28/h5-8,10-11,13H,9H2,1-4H3,(H,24,29)(H,26,30). The topological polar surface area (TPSA) is 122 Å². The lowest BCUT2D eigenvalue weighted by Gasteiger charge is -2.24. The van der Waals surface area contributed by atoms with Crippen molar-refractivity contribution < 1.29 is 9.21 Å². The number of aryl methyl sites for hydroxylation is 2. The fourth-order valence-corrected chi connectivity index (χ4v) is 3.56. The van der Waals surface area contributed by atoms with Gasteiger partial charge in [0, 0.05) is 6.04 Å². The summed E-state index contributed by atoms with van der Waals surface area (Å²) in [6.07, 6.45) is 3.12. The van der Waals surface area contributed by atoms with Crippen LogP contribution in [-0.2, 0) is 4.79 Å². The minimum absolute atomic E-state index is 0.0134. The molecule has 31 heavy (non-hydrogen) atoms. The van der Waals surface area contributed by atoms with Gasteiger partial charge in [0.2, 0.25) is 11.8 Å². The van der Waals surface area contributed by atoms with E-state index in [9.17, 15) is 9.59 Å². The quantitative estimate of drug-likeness (QED) is 0.490. The van der Waals surface area contributed by atoms with Crippen molar-refractivity contribution in [1.29, 1.82) is 0 Å². The smallest absolute Gasteiger partial charge is 0.277 e. The first-order chi connectivity index (χ1) is 14.8. The van der Waals surface area contributed by atoms with Crippen LogP contribution in [0.1, 0.15) is 30.0 Å². The summed E-state index contributed by atoms with van der Waals surface area (Å²) in [5.74, 6) is 0.399. The molecule has 1 amide bonds. The summed E-state index contributed by atoms with van der Waals surface area (Å²) in [7, 11) is 1.86. The third-order valence-corrected chi connectivity index (χ3v) is 5.36. The molecule has 0 radical (unpaired) electrons. The molecule has 4 aromatic rings. The third kappa shape index (κ3) is 3.97. The lowest BCUT2D eigenvalue weighted by molar-refractivity contribution is -0.117. The summed E-state index contributed by atoms with van der Waals surface area (Å²) in [5, 5.41) is 14.2. The van der Waals surface area contributed by atoms with Gasteiger partial charge in [-0.3, -0.25) is 19.8 Å². The van der Waals surface area contributed by atoms with E-state index >= 15 is 0 Å². The van der Waals surface area contributed by atoms with Gasteiger partial charge in [0.05, 0.1) is 23.3 Å². The molecule has 1 atom stereocenters. The van der Waals surface area contributed by atoms with Gasteiger partial charge in [-0.05, 0) is 45.5 Å². The zero-order valence-corrected chi connectivity index (χ0v) is 17.7. The van der Waals surface area contributed by atoms with E-state index in [1.54, 1.807) is 24.9 Å². The van der Waals surface area contributed by atoms with Gasteiger partial charge in [-0.15, -0.1) is 0 Å². The molecule has 0 spiro atoms. The molecule has 1 aromatic carbocycles. The van der Waals surface area contributed by atoms with Crippen molar-refractivity contribution in [3.8, 4) is 5.69 Å². The average molecular weight is 421 g/mol. The molecule has 160 valence electrons. The largest absolute Gasteiger partial charge is 0.444 e. The highest BCUT2D eigenvalue weighted by Gasteiger charge is 2.20. The van der Waals surface area contributed by atoms with Gasteiger partial charge in [-0.25, -0.2) is 14.8 Å². The summed E-state index contributed by atoms with van der Waals surface area (Å²) in [4.78, 5) is 30.7. The van der Waals surface area contributed by atoms with Crippen LogP contribution < -0.4 is 10.9 Å². The zero-order valence-electron chi connectivity index (χ0n) is 17.7. The van der Waals surface area contributed by atoms with E-state index in [-0.39, 0.29) is 24.4 Å². The van der Waals surface area contributed by atoms with Crippen LogP contribution in [0, 0.1) is 13.8 Å². The second kappa shape index (κ2) is 8.15. The monoisotopic (exact) mass is 421 g/mol. The molecule has 0 bridgehead atoms. The molecular weight excluding hydrogens is 398 g/mol. The predicted octanol–water partition coefficient (Wildman–Crippen LogP) is 2.35. The van der Waals surface area contributed by atoms with E-state index in [1.165, 1.54) is 6.33 Å². The summed E-state index contributed by atoms with van der Waals surface area (Å²) >= 11 is 0. The number of aromatic nitrogens is 5. The number of H-pyrrole nitrogens is 1. The van der Waals surface area contributed by atoms with Crippen LogP contribution in [0.2, 0.25) is 0 Å². The number of nitrogens with one attached hydrogen (secondary N) is 2. The summed E-state index contributed by atoms with van der Waals surface area (Å²) in [5.41, 5.74) is 2.19. The van der Waals surface area contributed by atoms with Crippen molar-refractivity contribution in [3.63, 3.8) is 0 Å². The number of carbonyl (C=O) groups excluding carboxylic acids is 1. The molecular formula is C21H23N7O3. The molecule has 2 N–H and O–H groups in total. The summed E-state index contributed by atoms with van der Waals surface area (Å²) in [6, 6.07) is 7.88. The number of rotatable bonds is 6. The molecule has 10 nitrogen and oxygen atoms in total. The Hall–Kier alpha value is -3.79. The minimum atomic E-state index is -0.401. The molecule has 0 aliphatic carbocycles. The minimum Gasteiger partial charge on any atom is -0.444 e. The first-order valence-corrected chi connectivity index (χ1v) is 9.78. The Morgan fingerprint density at radius 1 is 1.26 bits per heavy atom. The van der Waals surface area contributed by atoms with Gasteiger partial charge in [0.1, 0.15) is 23.8 Å². The lowest BCUT2D eigenvalue weighted by Crippen LogP contribution is -2.32. The van der Waals surface area contributed by atoms with Crippen LogP contribution in [-0.4, -0.2) is 49.4 Å². The zero-order chi connectivity index (χ0) is 22.1. The van der Waals surface area contributed by atoms with E-state index in [0.29, 0.717) is 22.2 Å². The van der Waals surface area contributed by atoms with Crippen molar-refractivity contribution in [2.24, 2.45) is 0 Å². The molecule has 3 aromatic heterocycles. The molecule has 0 saturated heterocycles. The number of fused-ring (bicyclic) bond motifs is 1. The summed E-state index contributed by atoms with van der Waals surface area (Å²) < 4.78 is 7.33. The van der Waals surface area contributed by atoms with Crippen molar-refractivity contribution in [1.82, 2.24) is 29.9 Å². The van der Waals surface area contributed by atoms with Gasteiger partial charge in [0.25, 0.3) is 5.56 Å². The molecule has 10 heteroatoms. The number of carbonyl (C=O) groups is 1. The molecule has 0 aliphatic heterocycles. The van der Waals surface area contributed by atoms with Crippen LogP contribution in [0.5, 0.6) is 0 Å². The number of hydrogen-bond acceptors (Lipinski definition) is 7. The van der Waals surface area contributed by atoms with E-state index in [0.717, 1.165) is 11.3 Å². The SMILES string of the molecule is Cc1n[nH]c(=O)c2c(NC(=O)CN(C)C(C)c3ccc(-n4cncn4)cc3)oc(C)c12. The number of hydrogen-bond donors (Lipinski definition) is 2. The van der Waals surface area contributed by atoms with Crippen LogP contribution in [0.25, 0.3) is 16.5 Å². The average Bonchev–Trinajstić information content (AvgIpc) is 3.39. The fourth-order valence-electron chi connectivity index (χ4n) is 3.56. The Morgan fingerprint density at radius 3 is 2.68 bits per heavy atom. The van der Waals surface area contributed by atoms with Crippen molar-refractivity contribution >= 4 is 22.6 Å². The Balaban J connectivity index is 1.46. The summed E-state index contributed by atoms with van der Waals surface area (Å²) in [6.45, 7) is 5.65. The van der Waals surface area contributed by atoms with Crippen molar-refractivity contribution in [3.05, 3.63) is 64.3 Å². The molecule has 0 saturated carbocycles. The second-order valence-electron chi connectivity index (χ2n) is 7.45. The highest BCUT2D eigenvalue weighted by Crippen LogP contribution is 2.28. The van der Waals surface area contributed by atoms with Gasteiger partial charge in [-0.1, -0.05) is 12.1 Å². The Bertz CT molecular complexity index is 1270. The van der Waals surface area contributed by atoms with Crippen molar-refractivity contribution in [2.75, 3.05) is 18.9 Å². The van der Waals surface area contributed by atoms with Crippen LogP contribution in [0.15, 0.2) is 46.1 Å². The predicted molar refractivity (Wildman–Crippen MR) is 115 cm³/mol. The Morgan fingerprint density at radius 2 is 2.00 bits per heavy atom. The molecule has 4 rings (SSSR count). The second-order valence-corrected chi connectivity index (χ2v) is 7.45. The van der Waals surface area contributed by atoms with E-state index in [1.807, 2.05) is 43.1 Å². The van der Waals surface area contributed by atoms with Crippen LogP contribution in [0.3, 0.4) is 0 Å².